The van der Waals surface area contributed by atoms with Crippen LogP contribution in [-0.4, -0.2) is 11.3 Å². The molecule has 0 fully saturated rings. The number of hydrogen-bond acceptors (Lipinski definition) is 5. The van der Waals surface area contributed by atoms with Gasteiger partial charge in [0.2, 0.25) is 0 Å². The Balaban J connectivity index is 3.34. The second-order valence-electron chi connectivity index (χ2n) is 2.86. The Labute approximate surface area is 93.8 Å². The van der Waals surface area contributed by atoms with E-state index in [1.165, 1.54) is 6.07 Å². The van der Waals surface area contributed by atoms with Crippen LogP contribution < -0.4 is 10.5 Å². The summed E-state index contributed by atoms with van der Waals surface area (Å²) < 4.78 is 40.0. The lowest BCUT2D eigenvalue weighted by atomic mass is 10.1. The van der Waals surface area contributed by atoms with Gasteiger partial charge in [0, 0.05) is 6.07 Å². The highest BCUT2D eigenvalue weighted by Crippen LogP contribution is 2.30. The second kappa shape index (κ2) is 4.58. The molecule has 0 saturated heterocycles. The molecular weight excluding hydrogens is 237 g/mol. The zero-order chi connectivity index (χ0) is 13.1. The first-order chi connectivity index (χ1) is 7.87. The highest BCUT2D eigenvalue weighted by Gasteiger charge is 2.34. The first-order valence-corrected chi connectivity index (χ1v) is 4.19. The maximum absolute atomic E-state index is 12.1. The van der Waals surface area contributed by atoms with E-state index < -0.39 is 24.1 Å². The van der Waals surface area contributed by atoms with Crippen LogP contribution in [0.25, 0.3) is 0 Å². The number of alkyl halides is 3. The van der Waals surface area contributed by atoms with E-state index in [4.69, 9.17) is 16.3 Å². The van der Waals surface area contributed by atoms with Crippen molar-refractivity contribution in [1.82, 2.24) is 4.98 Å². The zero-order valence-electron chi connectivity index (χ0n) is 8.25. The van der Waals surface area contributed by atoms with Gasteiger partial charge in [-0.3, -0.25) is 0 Å². The smallest absolute Gasteiger partial charge is 0.402 e. The molecule has 0 aliphatic rings. The van der Waals surface area contributed by atoms with E-state index in [1.807, 2.05) is 0 Å². The average molecular weight is 242 g/mol. The minimum Gasteiger partial charge on any atom is -0.402 e. The van der Waals surface area contributed by atoms with Crippen molar-refractivity contribution in [3.63, 3.8) is 0 Å². The zero-order valence-corrected chi connectivity index (χ0v) is 8.25. The normalized spacial score (nSPS) is 10.4. The summed E-state index contributed by atoms with van der Waals surface area (Å²) in [4.78, 5) is 3.53. The summed E-state index contributed by atoms with van der Waals surface area (Å²) in [6.45, 7) is 0. The van der Waals surface area contributed by atoms with E-state index in [1.54, 1.807) is 6.07 Å². The third-order valence-electron chi connectivity index (χ3n) is 1.65. The molecule has 0 amide bonds. The van der Waals surface area contributed by atoms with Gasteiger partial charge in [-0.25, -0.2) is 4.98 Å². The summed E-state index contributed by atoms with van der Waals surface area (Å²) in [5.74, 6) is -0.933. The summed E-state index contributed by atoms with van der Waals surface area (Å²) in [6.07, 6.45) is -5.40. The number of ether oxygens (including phenoxy) is 1. The number of nitrogens with two attached hydrogens (primary N) is 1. The van der Waals surface area contributed by atoms with E-state index >= 15 is 0 Å². The largest absolute Gasteiger partial charge is 0.573 e. The summed E-state index contributed by atoms with van der Waals surface area (Å²) in [7, 11) is 0. The van der Waals surface area contributed by atoms with Crippen LogP contribution in [0.15, 0.2) is 6.07 Å². The topological polar surface area (TPSA) is 95.7 Å². The molecule has 0 aromatic carbocycles. The predicted molar refractivity (Wildman–Crippen MR) is 49.4 cm³/mol. The van der Waals surface area contributed by atoms with Crippen LogP contribution in [0, 0.1) is 22.7 Å². The van der Waals surface area contributed by atoms with Crippen LogP contribution >= 0.6 is 0 Å². The Morgan fingerprint density at radius 3 is 2.53 bits per heavy atom. The molecule has 1 aromatic heterocycles. The Morgan fingerprint density at radius 1 is 1.41 bits per heavy atom. The van der Waals surface area contributed by atoms with Crippen LogP contribution in [0.1, 0.15) is 11.3 Å². The molecule has 1 aromatic rings. The van der Waals surface area contributed by atoms with Crippen LogP contribution in [0.3, 0.4) is 0 Å². The van der Waals surface area contributed by atoms with Crippen molar-refractivity contribution in [2.24, 2.45) is 0 Å². The number of pyridine rings is 1. The molecule has 0 radical (unpaired) electrons. The van der Waals surface area contributed by atoms with Gasteiger partial charge in [-0.15, -0.1) is 13.2 Å². The Bertz CT molecular complexity index is 513. The lowest BCUT2D eigenvalue weighted by Gasteiger charge is -2.13. The number of hydrogen-bond donors (Lipinski definition) is 1. The molecule has 0 saturated carbocycles. The van der Waals surface area contributed by atoms with E-state index in [-0.39, 0.29) is 11.5 Å². The van der Waals surface area contributed by atoms with E-state index in [9.17, 15) is 13.2 Å². The Morgan fingerprint density at radius 2 is 2.06 bits per heavy atom. The van der Waals surface area contributed by atoms with Gasteiger partial charge in [0.1, 0.15) is 17.6 Å². The first-order valence-electron chi connectivity index (χ1n) is 4.19. The molecule has 0 aliphatic carbocycles. The minimum atomic E-state index is -4.96. The predicted octanol–water partition coefficient (Wildman–Crippen LogP) is 1.50. The van der Waals surface area contributed by atoms with E-state index in [0.717, 1.165) is 6.07 Å². The van der Waals surface area contributed by atoms with Gasteiger partial charge < -0.3 is 10.5 Å². The molecule has 5 nitrogen and oxygen atoms in total. The van der Waals surface area contributed by atoms with Crippen LogP contribution in [0.4, 0.5) is 19.0 Å². The summed E-state index contributed by atoms with van der Waals surface area (Å²) in [5.41, 5.74) is 4.55. The third-order valence-corrected chi connectivity index (χ3v) is 1.65. The molecule has 88 valence electrons. The van der Waals surface area contributed by atoms with Gasteiger partial charge in [-0.1, -0.05) is 0 Å². The molecule has 2 N–H and O–H groups in total. The number of halogens is 3. The van der Waals surface area contributed by atoms with Gasteiger partial charge in [0.05, 0.1) is 18.1 Å². The molecule has 1 rings (SSSR count). The number of nitriles is 2. The van der Waals surface area contributed by atoms with Crippen molar-refractivity contribution < 1.29 is 17.9 Å². The maximum Gasteiger partial charge on any atom is 0.573 e. The summed E-state index contributed by atoms with van der Waals surface area (Å²) in [5, 5.41) is 17.1. The van der Waals surface area contributed by atoms with Crippen LogP contribution in [-0.2, 0) is 6.42 Å². The number of anilines is 1. The number of aromatic nitrogens is 1. The molecule has 0 aliphatic heterocycles. The van der Waals surface area contributed by atoms with Crippen molar-refractivity contribution >= 4 is 5.82 Å². The van der Waals surface area contributed by atoms with Crippen molar-refractivity contribution in [1.29, 1.82) is 10.5 Å². The van der Waals surface area contributed by atoms with Gasteiger partial charge in [-0.05, 0) is 0 Å². The van der Waals surface area contributed by atoms with Gasteiger partial charge >= 0.3 is 6.36 Å². The van der Waals surface area contributed by atoms with Crippen molar-refractivity contribution in [2.75, 3.05) is 5.73 Å². The summed E-state index contributed by atoms with van der Waals surface area (Å²) in [6, 6.07) is 4.06. The van der Waals surface area contributed by atoms with Gasteiger partial charge in [0.25, 0.3) is 0 Å². The standard InChI is InChI=1S/C9H5F3N4O/c10-9(11,12)17-8-5(4-14)3-7(15)16-6(8)1-2-13/h3H,1H2,(H2,15,16). The number of rotatable bonds is 2. The fourth-order valence-corrected chi connectivity index (χ4v) is 1.12. The van der Waals surface area contributed by atoms with Crippen LogP contribution in [0.5, 0.6) is 5.75 Å². The van der Waals surface area contributed by atoms with E-state index in [0.29, 0.717) is 0 Å². The highest BCUT2D eigenvalue weighted by molar-refractivity contribution is 5.52. The molecule has 17 heavy (non-hydrogen) atoms. The number of nitrogen functional groups attached to an aromatic ring is 1. The Kier molecular flexibility index (Phi) is 3.39. The van der Waals surface area contributed by atoms with Crippen LogP contribution in [0.2, 0.25) is 0 Å². The maximum atomic E-state index is 12.1. The lowest BCUT2D eigenvalue weighted by molar-refractivity contribution is -0.275. The quantitative estimate of drug-likeness (QED) is 0.847. The monoisotopic (exact) mass is 242 g/mol. The molecule has 0 atom stereocenters. The van der Waals surface area contributed by atoms with Crippen molar-refractivity contribution in [2.45, 2.75) is 12.8 Å². The van der Waals surface area contributed by atoms with Crippen molar-refractivity contribution in [3.8, 4) is 17.9 Å². The molecule has 0 spiro atoms. The van der Waals surface area contributed by atoms with Crippen molar-refractivity contribution in [3.05, 3.63) is 17.3 Å². The first kappa shape index (κ1) is 12.6. The highest BCUT2D eigenvalue weighted by atomic mass is 19.4. The fraction of sp³-hybridized carbons (Fsp3) is 0.222. The second-order valence-corrected chi connectivity index (χ2v) is 2.86. The lowest BCUT2D eigenvalue weighted by Crippen LogP contribution is -2.19. The fourth-order valence-electron chi connectivity index (χ4n) is 1.12. The summed E-state index contributed by atoms with van der Waals surface area (Å²) >= 11 is 0. The molecule has 0 unspecified atom stereocenters. The number of nitrogens with zero attached hydrogens (tertiary/aromatic N) is 3. The van der Waals surface area contributed by atoms with Gasteiger partial charge in [-0.2, -0.15) is 10.5 Å². The van der Waals surface area contributed by atoms with E-state index in [2.05, 4.69) is 9.72 Å². The molecule has 0 bridgehead atoms. The molecule has 8 heteroatoms. The SMILES string of the molecule is N#CCc1nc(N)cc(C#N)c1OC(F)(F)F. The van der Waals surface area contributed by atoms with Gasteiger partial charge in [0.15, 0.2) is 5.75 Å². The minimum absolute atomic E-state index is 0.152. The molecule has 1 heterocycles. The Hall–Kier alpha value is -2.48. The molecular formula is C9H5F3N4O. The average Bonchev–Trinajstić information content (AvgIpc) is 2.20. The third kappa shape index (κ3) is 3.24.